The number of halogens is 1. The molecular formula is C18H18ClN3O2. The number of nitrogens with zero attached hydrogens (tertiary/aromatic N) is 1. The summed E-state index contributed by atoms with van der Waals surface area (Å²) >= 11 is 6.09. The van der Waals surface area contributed by atoms with E-state index in [9.17, 15) is 9.59 Å². The average molecular weight is 344 g/mol. The molecule has 0 saturated carbocycles. The summed E-state index contributed by atoms with van der Waals surface area (Å²) < 4.78 is 0. The van der Waals surface area contributed by atoms with Gasteiger partial charge >= 0.3 is 0 Å². The van der Waals surface area contributed by atoms with Crippen LogP contribution in [0, 0.1) is 0 Å². The van der Waals surface area contributed by atoms with Crippen LogP contribution >= 0.6 is 11.6 Å². The molecule has 0 spiro atoms. The fourth-order valence-electron chi connectivity index (χ4n) is 2.86. The summed E-state index contributed by atoms with van der Waals surface area (Å²) in [4.78, 5) is 26.2. The first-order chi connectivity index (χ1) is 11.6. The number of hydrogen-bond acceptors (Lipinski definition) is 3. The fourth-order valence-corrected chi connectivity index (χ4v) is 3.08. The maximum Gasteiger partial charge on any atom is 0.257 e. The molecule has 2 amide bonds. The molecule has 24 heavy (non-hydrogen) atoms. The molecule has 0 aromatic heterocycles. The molecule has 3 rings (SSSR count). The number of amides is 2. The minimum absolute atomic E-state index is 0.317. The predicted octanol–water partition coefficient (Wildman–Crippen LogP) is 3.29. The Balaban J connectivity index is 1.95. The summed E-state index contributed by atoms with van der Waals surface area (Å²) in [5.74, 6) is -0.848. The Morgan fingerprint density at radius 2 is 1.79 bits per heavy atom. The van der Waals surface area contributed by atoms with Crippen LogP contribution in [0.3, 0.4) is 0 Å². The van der Waals surface area contributed by atoms with E-state index in [0.717, 1.165) is 31.6 Å². The number of rotatable bonds is 4. The lowest BCUT2D eigenvalue weighted by atomic mass is 10.1. The Labute approximate surface area is 145 Å². The second-order valence-electron chi connectivity index (χ2n) is 5.72. The summed E-state index contributed by atoms with van der Waals surface area (Å²) in [5, 5.41) is 3.25. The van der Waals surface area contributed by atoms with Gasteiger partial charge in [0.1, 0.15) is 0 Å². The Morgan fingerprint density at radius 3 is 2.46 bits per heavy atom. The first kappa shape index (κ1) is 16.3. The van der Waals surface area contributed by atoms with E-state index in [2.05, 4.69) is 10.2 Å². The summed E-state index contributed by atoms with van der Waals surface area (Å²) in [6.45, 7) is 1.84. The minimum Gasteiger partial charge on any atom is -0.370 e. The van der Waals surface area contributed by atoms with Gasteiger partial charge in [-0.3, -0.25) is 9.59 Å². The van der Waals surface area contributed by atoms with Gasteiger partial charge in [-0.05, 0) is 43.2 Å². The van der Waals surface area contributed by atoms with E-state index < -0.39 is 5.91 Å². The lowest BCUT2D eigenvalue weighted by molar-refractivity contribution is 0.0996. The third-order valence-corrected chi connectivity index (χ3v) is 4.42. The zero-order chi connectivity index (χ0) is 17.1. The van der Waals surface area contributed by atoms with Crippen molar-refractivity contribution >= 4 is 34.8 Å². The van der Waals surface area contributed by atoms with E-state index in [1.54, 1.807) is 36.4 Å². The number of carbonyl (C=O) groups is 2. The number of anilines is 2. The molecule has 2 aromatic carbocycles. The second kappa shape index (κ2) is 6.93. The van der Waals surface area contributed by atoms with Crippen LogP contribution in [-0.4, -0.2) is 24.9 Å². The van der Waals surface area contributed by atoms with Crippen LogP contribution in [0.25, 0.3) is 0 Å². The van der Waals surface area contributed by atoms with E-state index in [0.29, 0.717) is 21.8 Å². The van der Waals surface area contributed by atoms with Crippen molar-refractivity contribution in [3.63, 3.8) is 0 Å². The highest BCUT2D eigenvalue weighted by Gasteiger charge is 2.19. The molecule has 5 nitrogen and oxygen atoms in total. The Bertz CT molecular complexity index is 786. The zero-order valence-electron chi connectivity index (χ0n) is 13.1. The van der Waals surface area contributed by atoms with Crippen molar-refractivity contribution in [1.29, 1.82) is 0 Å². The largest absolute Gasteiger partial charge is 0.370 e. The summed E-state index contributed by atoms with van der Waals surface area (Å²) in [6.07, 6.45) is 2.21. The Hall–Kier alpha value is -2.53. The van der Waals surface area contributed by atoms with Crippen molar-refractivity contribution in [1.82, 2.24) is 0 Å². The maximum absolute atomic E-state index is 12.6. The minimum atomic E-state index is -0.531. The third kappa shape index (κ3) is 3.36. The number of nitrogens with two attached hydrogens (primary N) is 1. The van der Waals surface area contributed by atoms with Crippen LogP contribution in [0.2, 0.25) is 5.02 Å². The van der Waals surface area contributed by atoms with E-state index in [4.69, 9.17) is 17.3 Å². The van der Waals surface area contributed by atoms with Gasteiger partial charge in [-0.15, -0.1) is 0 Å². The predicted molar refractivity (Wildman–Crippen MR) is 95.8 cm³/mol. The molecule has 1 fully saturated rings. The Morgan fingerprint density at radius 1 is 1.08 bits per heavy atom. The van der Waals surface area contributed by atoms with Gasteiger partial charge in [0.25, 0.3) is 5.91 Å². The molecule has 3 N–H and O–H groups in total. The zero-order valence-corrected chi connectivity index (χ0v) is 13.8. The van der Waals surface area contributed by atoms with Crippen LogP contribution in [0.15, 0.2) is 42.5 Å². The normalized spacial score (nSPS) is 13.8. The summed E-state index contributed by atoms with van der Waals surface area (Å²) in [7, 11) is 0. The Kier molecular flexibility index (Phi) is 4.71. The number of nitrogens with one attached hydrogen (secondary N) is 1. The monoisotopic (exact) mass is 343 g/mol. The molecular weight excluding hydrogens is 326 g/mol. The number of benzene rings is 2. The van der Waals surface area contributed by atoms with Gasteiger partial charge in [-0.1, -0.05) is 23.7 Å². The molecule has 6 heteroatoms. The first-order valence-corrected chi connectivity index (χ1v) is 8.19. The average Bonchev–Trinajstić information content (AvgIpc) is 3.09. The highest BCUT2D eigenvalue weighted by molar-refractivity contribution is 6.34. The molecule has 0 bridgehead atoms. The molecule has 1 aliphatic rings. The first-order valence-electron chi connectivity index (χ1n) is 7.81. The van der Waals surface area contributed by atoms with Crippen molar-refractivity contribution < 1.29 is 9.59 Å². The molecule has 0 unspecified atom stereocenters. The van der Waals surface area contributed by atoms with Gasteiger partial charge in [0, 0.05) is 18.7 Å². The van der Waals surface area contributed by atoms with Crippen molar-refractivity contribution in [3.05, 3.63) is 58.6 Å². The van der Waals surface area contributed by atoms with Crippen LogP contribution < -0.4 is 16.0 Å². The maximum atomic E-state index is 12.6. The summed E-state index contributed by atoms with van der Waals surface area (Å²) in [5.41, 5.74) is 7.56. The number of carbonyl (C=O) groups excluding carboxylic acids is 2. The van der Waals surface area contributed by atoms with Gasteiger partial charge in [0.05, 0.1) is 22.0 Å². The van der Waals surface area contributed by atoms with Crippen LogP contribution in [0.5, 0.6) is 0 Å². The topological polar surface area (TPSA) is 75.4 Å². The van der Waals surface area contributed by atoms with E-state index in [-0.39, 0.29) is 5.91 Å². The van der Waals surface area contributed by atoms with E-state index in [1.807, 2.05) is 6.07 Å². The van der Waals surface area contributed by atoms with E-state index in [1.165, 1.54) is 0 Å². The van der Waals surface area contributed by atoms with Crippen LogP contribution in [0.4, 0.5) is 11.4 Å². The SMILES string of the molecule is NC(=O)c1ccc(N2CCCC2)c(NC(=O)c2ccccc2Cl)c1. The molecule has 124 valence electrons. The quantitative estimate of drug-likeness (QED) is 0.894. The smallest absolute Gasteiger partial charge is 0.257 e. The molecule has 0 radical (unpaired) electrons. The van der Waals surface area contributed by atoms with Crippen molar-refractivity contribution in [2.75, 3.05) is 23.3 Å². The standard InChI is InChI=1S/C18H18ClN3O2/c19-14-6-2-1-5-13(14)18(24)21-15-11-12(17(20)23)7-8-16(15)22-9-3-4-10-22/h1-2,5-8,11H,3-4,9-10H2,(H2,20,23)(H,21,24). The highest BCUT2D eigenvalue weighted by atomic mass is 35.5. The van der Waals surface area contributed by atoms with Gasteiger partial charge < -0.3 is 16.0 Å². The fraction of sp³-hybridized carbons (Fsp3) is 0.222. The molecule has 2 aromatic rings. The van der Waals surface area contributed by atoms with Gasteiger partial charge in [0.2, 0.25) is 5.91 Å². The van der Waals surface area contributed by atoms with E-state index >= 15 is 0 Å². The molecule has 1 heterocycles. The molecule has 0 atom stereocenters. The van der Waals surface area contributed by atoms with Crippen LogP contribution in [-0.2, 0) is 0 Å². The van der Waals surface area contributed by atoms with Gasteiger partial charge in [-0.2, -0.15) is 0 Å². The number of hydrogen-bond donors (Lipinski definition) is 2. The molecule has 0 aliphatic carbocycles. The van der Waals surface area contributed by atoms with Gasteiger partial charge in [0.15, 0.2) is 0 Å². The van der Waals surface area contributed by atoms with Gasteiger partial charge in [-0.25, -0.2) is 0 Å². The van der Waals surface area contributed by atoms with Crippen molar-refractivity contribution in [2.24, 2.45) is 5.73 Å². The van der Waals surface area contributed by atoms with Crippen LogP contribution in [0.1, 0.15) is 33.6 Å². The number of primary amides is 1. The summed E-state index contributed by atoms with van der Waals surface area (Å²) in [6, 6.07) is 12.0. The molecule has 1 aliphatic heterocycles. The molecule has 1 saturated heterocycles. The highest BCUT2D eigenvalue weighted by Crippen LogP contribution is 2.31. The second-order valence-corrected chi connectivity index (χ2v) is 6.13. The lowest BCUT2D eigenvalue weighted by Crippen LogP contribution is -2.22. The third-order valence-electron chi connectivity index (χ3n) is 4.09. The van der Waals surface area contributed by atoms with Crippen molar-refractivity contribution in [2.45, 2.75) is 12.8 Å². The lowest BCUT2D eigenvalue weighted by Gasteiger charge is -2.22. The van der Waals surface area contributed by atoms with Crippen molar-refractivity contribution in [3.8, 4) is 0 Å².